The summed E-state index contributed by atoms with van der Waals surface area (Å²) < 4.78 is 24.0. The summed E-state index contributed by atoms with van der Waals surface area (Å²) >= 11 is 3.38. The molecule has 0 spiro atoms. The lowest BCUT2D eigenvalue weighted by molar-refractivity contribution is 0.219. The molecule has 2 rings (SSSR count). The number of hydrogen-bond acceptors (Lipinski definition) is 3. The van der Waals surface area contributed by atoms with Gasteiger partial charge in [0.1, 0.15) is 11.9 Å². The van der Waals surface area contributed by atoms with Gasteiger partial charge in [0.05, 0.1) is 18.7 Å². The van der Waals surface area contributed by atoms with Crippen molar-refractivity contribution in [3.05, 3.63) is 57.8 Å². The monoisotopic (exact) mass is 340 g/mol. The number of hydrogen-bond donors (Lipinski definition) is 1. The number of aliphatic hydroxyl groups is 1. The molecule has 0 heterocycles. The van der Waals surface area contributed by atoms with E-state index in [9.17, 15) is 9.50 Å². The van der Waals surface area contributed by atoms with E-state index in [1.807, 2.05) is 0 Å². The van der Waals surface area contributed by atoms with Crippen LogP contribution in [0.15, 0.2) is 40.9 Å². The fraction of sp³-hybridized carbons (Fsp3) is 0.200. The van der Waals surface area contributed by atoms with Crippen molar-refractivity contribution < 1.29 is 19.0 Å². The molecule has 2 aromatic carbocycles. The number of rotatable bonds is 4. The maximum Gasteiger partial charge on any atom is 0.174 e. The summed E-state index contributed by atoms with van der Waals surface area (Å²) in [6, 6.07) is 9.16. The van der Waals surface area contributed by atoms with Crippen molar-refractivity contribution in [3.63, 3.8) is 0 Å². The summed E-state index contributed by atoms with van der Waals surface area (Å²) in [5, 5.41) is 10.4. The van der Waals surface area contributed by atoms with Crippen LogP contribution in [0.2, 0.25) is 0 Å². The first kappa shape index (κ1) is 14.8. The lowest BCUT2D eigenvalue weighted by atomic mass is 10.0. The molecule has 1 unspecified atom stereocenters. The van der Waals surface area contributed by atoms with Crippen LogP contribution in [0.4, 0.5) is 4.39 Å². The Labute approximate surface area is 125 Å². The van der Waals surface area contributed by atoms with Crippen LogP contribution >= 0.6 is 15.9 Å². The molecule has 0 radical (unpaired) electrons. The Balaban J connectivity index is 2.42. The highest BCUT2D eigenvalue weighted by molar-refractivity contribution is 9.10. The van der Waals surface area contributed by atoms with Gasteiger partial charge in [0.2, 0.25) is 0 Å². The summed E-state index contributed by atoms with van der Waals surface area (Å²) in [6.07, 6.45) is -0.869. The number of aliphatic hydroxyl groups excluding tert-OH is 1. The van der Waals surface area contributed by atoms with Crippen molar-refractivity contribution in [3.8, 4) is 11.5 Å². The largest absolute Gasteiger partial charge is 0.493 e. The molecule has 0 aliphatic carbocycles. The van der Waals surface area contributed by atoms with E-state index in [0.29, 0.717) is 27.1 Å². The van der Waals surface area contributed by atoms with Crippen molar-refractivity contribution >= 4 is 15.9 Å². The molecule has 0 aliphatic rings. The maximum absolute atomic E-state index is 12.9. The van der Waals surface area contributed by atoms with Crippen LogP contribution in [0.1, 0.15) is 17.2 Å². The minimum atomic E-state index is -0.869. The van der Waals surface area contributed by atoms with E-state index in [1.54, 1.807) is 31.4 Å². The van der Waals surface area contributed by atoms with Crippen molar-refractivity contribution in [2.45, 2.75) is 6.10 Å². The van der Waals surface area contributed by atoms with Crippen molar-refractivity contribution in [1.82, 2.24) is 0 Å². The third-order valence-corrected chi connectivity index (χ3v) is 3.55. The number of halogens is 2. The van der Waals surface area contributed by atoms with E-state index in [-0.39, 0.29) is 5.82 Å². The molecular formula is C15H14BrFO3. The second-order valence-corrected chi connectivity index (χ2v) is 5.05. The molecule has 0 bridgehead atoms. The van der Waals surface area contributed by atoms with Gasteiger partial charge in [-0.25, -0.2) is 4.39 Å². The number of ether oxygens (including phenoxy) is 2. The van der Waals surface area contributed by atoms with Crippen LogP contribution in [-0.4, -0.2) is 19.3 Å². The summed E-state index contributed by atoms with van der Waals surface area (Å²) in [7, 11) is 3.07. The molecule has 106 valence electrons. The van der Waals surface area contributed by atoms with Gasteiger partial charge in [0.25, 0.3) is 0 Å². The normalized spacial score (nSPS) is 12.1. The Hall–Kier alpha value is -1.59. The number of methoxy groups -OCH3 is 2. The van der Waals surface area contributed by atoms with Gasteiger partial charge in [0, 0.05) is 0 Å². The standard InChI is InChI=1S/C15H14BrFO3/c1-19-13-8-10(7-12(16)15(13)20-2)14(18)9-3-5-11(17)6-4-9/h3-8,14,18H,1-2H3. The lowest BCUT2D eigenvalue weighted by Gasteiger charge is -2.16. The van der Waals surface area contributed by atoms with E-state index >= 15 is 0 Å². The molecule has 5 heteroatoms. The Morgan fingerprint density at radius 2 is 1.70 bits per heavy atom. The molecule has 0 aromatic heterocycles. The zero-order chi connectivity index (χ0) is 14.7. The fourth-order valence-electron chi connectivity index (χ4n) is 1.93. The highest BCUT2D eigenvalue weighted by Crippen LogP contribution is 2.38. The van der Waals surface area contributed by atoms with Gasteiger partial charge in [-0.2, -0.15) is 0 Å². The molecule has 3 nitrogen and oxygen atoms in total. The van der Waals surface area contributed by atoms with E-state index in [1.165, 1.54) is 19.2 Å². The van der Waals surface area contributed by atoms with Crippen LogP contribution < -0.4 is 9.47 Å². The predicted octanol–water partition coefficient (Wildman–Crippen LogP) is 3.69. The molecule has 0 aliphatic heterocycles. The Morgan fingerprint density at radius 3 is 2.25 bits per heavy atom. The summed E-state index contributed by atoms with van der Waals surface area (Å²) in [6.45, 7) is 0. The Bertz CT molecular complexity index is 599. The van der Waals surface area contributed by atoms with Crippen LogP contribution in [0.3, 0.4) is 0 Å². The average Bonchev–Trinajstić information content (AvgIpc) is 2.46. The smallest absolute Gasteiger partial charge is 0.174 e. The van der Waals surface area contributed by atoms with Gasteiger partial charge in [-0.3, -0.25) is 0 Å². The van der Waals surface area contributed by atoms with Crippen molar-refractivity contribution in [2.24, 2.45) is 0 Å². The van der Waals surface area contributed by atoms with E-state index in [4.69, 9.17) is 9.47 Å². The van der Waals surface area contributed by atoms with Crippen LogP contribution in [-0.2, 0) is 0 Å². The molecule has 2 aromatic rings. The zero-order valence-electron chi connectivity index (χ0n) is 11.1. The average molecular weight is 341 g/mol. The van der Waals surface area contributed by atoms with Gasteiger partial charge in [-0.15, -0.1) is 0 Å². The highest BCUT2D eigenvalue weighted by Gasteiger charge is 2.16. The summed E-state index contributed by atoms with van der Waals surface area (Å²) in [4.78, 5) is 0. The highest BCUT2D eigenvalue weighted by atomic mass is 79.9. The molecule has 0 fully saturated rings. The summed E-state index contributed by atoms with van der Waals surface area (Å²) in [5.41, 5.74) is 1.23. The van der Waals surface area contributed by atoms with E-state index in [0.717, 1.165) is 0 Å². The minimum absolute atomic E-state index is 0.338. The van der Waals surface area contributed by atoms with E-state index in [2.05, 4.69) is 15.9 Å². The predicted molar refractivity (Wildman–Crippen MR) is 77.7 cm³/mol. The van der Waals surface area contributed by atoms with Gasteiger partial charge < -0.3 is 14.6 Å². The second kappa shape index (κ2) is 6.24. The van der Waals surface area contributed by atoms with Crippen LogP contribution in [0.5, 0.6) is 11.5 Å². The zero-order valence-corrected chi connectivity index (χ0v) is 12.6. The number of benzene rings is 2. The lowest BCUT2D eigenvalue weighted by Crippen LogP contribution is -2.02. The quantitative estimate of drug-likeness (QED) is 0.922. The van der Waals surface area contributed by atoms with E-state index < -0.39 is 6.10 Å². The summed E-state index contributed by atoms with van der Waals surface area (Å²) in [5.74, 6) is 0.732. The van der Waals surface area contributed by atoms with Crippen molar-refractivity contribution in [2.75, 3.05) is 14.2 Å². The van der Waals surface area contributed by atoms with Gasteiger partial charge in [0.15, 0.2) is 11.5 Å². The maximum atomic E-state index is 12.9. The molecule has 1 atom stereocenters. The topological polar surface area (TPSA) is 38.7 Å². The molecule has 20 heavy (non-hydrogen) atoms. The Kier molecular flexibility index (Phi) is 4.62. The molecule has 1 N–H and O–H groups in total. The third kappa shape index (κ3) is 2.94. The van der Waals surface area contributed by atoms with Gasteiger partial charge >= 0.3 is 0 Å². The third-order valence-electron chi connectivity index (χ3n) is 2.96. The Morgan fingerprint density at radius 1 is 1.05 bits per heavy atom. The molecule has 0 saturated heterocycles. The first-order chi connectivity index (χ1) is 9.56. The van der Waals surface area contributed by atoms with Crippen LogP contribution in [0, 0.1) is 5.82 Å². The molecular weight excluding hydrogens is 327 g/mol. The molecule has 0 amide bonds. The van der Waals surface area contributed by atoms with Crippen molar-refractivity contribution in [1.29, 1.82) is 0 Å². The molecule has 0 saturated carbocycles. The van der Waals surface area contributed by atoms with Crippen LogP contribution in [0.25, 0.3) is 0 Å². The second-order valence-electron chi connectivity index (χ2n) is 4.19. The SMILES string of the molecule is COc1cc(C(O)c2ccc(F)cc2)cc(Br)c1OC. The van der Waals surface area contributed by atoms with Gasteiger partial charge in [-0.05, 0) is 51.3 Å². The first-order valence-corrected chi connectivity index (χ1v) is 6.71. The fourth-order valence-corrected chi connectivity index (χ4v) is 2.55. The minimum Gasteiger partial charge on any atom is -0.493 e. The van der Waals surface area contributed by atoms with Gasteiger partial charge in [-0.1, -0.05) is 12.1 Å². The first-order valence-electron chi connectivity index (χ1n) is 5.91.